The van der Waals surface area contributed by atoms with Crippen molar-refractivity contribution in [3.05, 3.63) is 18.5 Å². The monoisotopic (exact) mass is 271 g/mol. The molecule has 0 amide bonds. The number of pyridine rings is 1. The summed E-state index contributed by atoms with van der Waals surface area (Å²) < 4.78 is 0. The Bertz CT molecular complexity index is 475. The summed E-state index contributed by atoms with van der Waals surface area (Å²) in [5.41, 5.74) is 8.66. The highest BCUT2D eigenvalue weighted by Gasteiger charge is 2.53. The Hall–Kier alpha value is -1.25. The van der Waals surface area contributed by atoms with Gasteiger partial charge in [-0.2, -0.15) is 0 Å². The van der Waals surface area contributed by atoms with Gasteiger partial charge in [-0.25, -0.2) is 0 Å². The fraction of sp³-hybridized carbons (Fsp3) is 0.706. The molecular formula is C17H25N3. The number of nitrogens with two attached hydrogens (primary N) is 1. The highest BCUT2D eigenvalue weighted by molar-refractivity contribution is 5.67. The Kier molecular flexibility index (Phi) is 2.73. The summed E-state index contributed by atoms with van der Waals surface area (Å²) in [5.74, 6) is 2.90. The van der Waals surface area contributed by atoms with Crippen LogP contribution in [0.1, 0.15) is 45.4 Å². The van der Waals surface area contributed by atoms with Crippen molar-refractivity contribution in [2.24, 2.45) is 17.8 Å². The molecule has 1 heterocycles. The smallest absolute Gasteiger partial charge is 0.0790 e. The second-order valence-corrected chi connectivity index (χ2v) is 7.32. The molecule has 4 aliphatic carbocycles. The van der Waals surface area contributed by atoms with E-state index in [1.165, 1.54) is 38.5 Å². The Morgan fingerprint density at radius 3 is 2.30 bits per heavy atom. The summed E-state index contributed by atoms with van der Waals surface area (Å²) in [5, 5.41) is 0. The second-order valence-electron chi connectivity index (χ2n) is 7.32. The van der Waals surface area contributed by atoms with Crippen molar-refractivity contribution in [1.29, 1.82) is 0 Å². The van der Waals surface area contributed by atoms with Crippen molar-refractivity contribution in [2.45, 2.75) is 51.0 Å². The number of nitrogens with zero attached hydrogens (tertiary/aromatic N) is 2. The molecule has 0 atom stereocenters. The predicted octanol–water partition coefficient (Wildman–Crippen LogP) is 3.46. The average Bonchev–Trinajstić information content (AvgIpc) is 2.40. The summed E-state index contributed by atoms with van der Waals surface area (Å²) in [7, 11) is 0. The van der Waals surface area contributed by atoms with Gasteiger partial charge >= 0.3 is 0 Å². The van der Waals surface area contributed by atoms with Crippen LogP contribution in [-0.4, -0.2) is 17.1 Å². The van der Waals surface area contributed by atoms with Gasteiger partial charge in [0.2, 0.25) is 0 Å². The molecule has 3 nitrogen and oxygen atoms in total. The fourth-order valence-electron chi connectivity index (χ4n) is 5.78. The maximum atomic E-state index is 6.23. The number of aromatic nitrogens is 1. The minimum atomic E-state index is 0.376. The molecule has 20 heavy (non-hydrogen) atoms. The van der Waals surface area contributed by atoms with E-state index in [1.54, 1.807) is 6.20 Å². The molecule has 0 spiro atoms. The maximum Gasteiger partial charge on any atom is 0.0790 e. The van der Waals surface area contributed by atoms with E-state index in [4.69, 9.17) is 5.73 Å². The van der Waals surface area contributed by atoms with E-state index >= 15 is 0 Å². The van der Waals surface area contributed by atoms with Crippen molar-refractivity contribution in [3.63, 3.8) is 0 Å². The van der Waals surface area contributed by atoms with Crippen LogP contribution in [0.15, 0.2) is 18.5 Å². The quantitative estimate of drug-likeness (QED) is 0.915. The molecule has 4 bridgehead atoms. The van der Waals surface area contributed by atoms with Gasteiger partial charge in [-0.1, -0.05) is 0 Å². The molecule has 2 N–H and O–H groups in total. The van der Waals surface area contributed by atoms with Crippen molar-refractivity contribution in [1.82, 2.24) is 4.98 Å². The summed E-state index contributed by atoms with van der Waals surface area (Å²) in [6, 6.07) is 1.94. The lowest BCUT2D eigenvalue weighted by Gasteiger charge is -2.61. The molecule has 4 aliphatic rings. The van der Waals surface area contributed by atoms with Gasteiger partial charge < -0.3 is 10.6 Å². The van der Waals surface area contributed by atoms with Gasteiger partial charge in [0.05, 0.1) is 17.6 Å². The van der Waals surface area contributed by atoms with Crippen LogP contribution in [0.25, 0.3) is 0 Å². The van der Waals surface area contributed by atoms with E-state index in [0.29, 0.717) is 5.54 Å². The number of anilines is 2. The van der Waals surface area contributed by atoms with Gasteiger partial charge in [-0.15, -0.1) is 0 Å². The van der Waals surface area contributed by atoms with Gasteiger partial charge in [0.15, 0.2) is 0 Å². The average molecular weight is 271 g/mol. The van der Waals surface area contributed by atoms with E-state index in [9.17, 15) is 0 Å². The molecule has 3 heteroatoms. The predicted molar refractivity (Wildman–Crippen MR) is 82.6 cm³/mol. The van der Waals surface area contributed by atoms with Crippen molar-refractivity contribution in [3.8, 4) is 0 Å². The highest BCUT2D eigenvalue weighted by atomic mass is 15.2. The van der Waals surface area contributed by atoms with Crippen LogP contribution in [0.2, 0.25) is 0 Å². The number of hydrogen-bond acceptors (Lipinski definition) is 3. The lowest BCUT2D eigenvalue weighted by Crippen LogP contribution is -2.60. The van der Waals surface area contributed by atoms with Gasteiger partial charge in [-0.05, 0) is 69.3 Å². The molecule has 108 valence electrons. The van der Waals surface area contributed by atoms with Gasteiger partial charge in [0, 0.05) is 18.3 Å². The zero-order valence-electron chi connectivity index (χ0n) is 12.4. The highest BCUT2D eigenvalue weighted by Crippen LogP contribution is 2.58. The van der Waals surface area contributed by atoms with Crippen LogP contribution >= 0.6 is 0 Å². The fourth-order valence-corrected chi connectivity index (χ4v) is 5.78. The Morgan fingerprint density at radius 2 is 1.80 bits per heavy atom. The third-order valence-electron chi connectivity index (χ3n) is 6.02. The van der Waals surface area contributed by atoms with Gasteiger partial charge in [0.1, 0.15) is 0 Å². The van der Waals surface area contributed by atoms with Crippen LogP contribution in [0, 0.1) is 17.8 Å². The van der Waals surface area contributed by atoms with Crippen LogP contribution in [0.5, 0.6) is 0 Å². The summed E-state index contributed by atoms with van der Waals surface area (Å²) in [6.07, 6.45) is 12.4. The van der Waals surface area contributed by atoms with Gasteiger partial charge in [-0.3, -0.25) is 4.98 Å². The zero-order chi connectivity index (χ0) is 13.7. The molecule has 1 aromatic heterocycles. The first-order valence-corrected chi connectivity index (χ1v) is 8.17. The van der Waals surface area contributed by atoms with Crippen LogP contribution in [-0.2, 0) is 0 Å². The van der Waals surface area contributed by atoms with Crippen molar-refractivity contribution >= 4 is 11.4 Å². The Balaban J connectivity index is 1.73. The topological polar surface area (TPSA) is 42.2 Å². The normalized spacial score (nSPS) is 38.1. The first-order chi connectivity index (χ1) is 9.70. The largest absolute Gasteiger partial charge is 0.397 e. The van der Waals surface area contributed by atoms with E-state index < -0.39 is 0 Å². The minimum absolute atomic E-state index is 0.376. The third kappa shape index (κ3) is 1.75. The molecule has 0 unspecified atom stereocenters. The minimum Gasteiger partial charge on any atom is -0.397 e. The molecule has 0 aromatic carbocycles. The molecule has 0 aliphatic heterocycles. The van der Waals surface area contributed by atoms with Crippen molar-refractivity contribution < 1.29 is 0 Å². The number of nitrogen functional groups attached to an aromatic ring is 1. The van der Waals surface area contributed by atoms with Crippen LogP contribution in [0.3, 0.4) is 0 Å². The van der Waals surface area contributed by atoms with Crippen molar-refractivity contribution in [2.75, 3.05) is 17.2 Å². The molecular weight excluding hydrogens is 246 g/mol. The lowest BCUT2D eigenvalue weighted by molar-refractivity contribution is -0.00385. The molecule has 1 aromatic rings. The zero-order valence-corrected chi connectivity index (χ0v) is 12.4. The molecule has 5 rings (SSSR count). The summed E-state index contributed by atoms with van der Waals surface area (Å²) in [6.45, 7) is 3.31. The van der Waals surface area contributed by atoms with E-state index in [-0.39, 0.29) is 0 Å². The van der Waals surface area contributed by atoms with Gasteiger partial charge in [0.25, 0.3) is 0 Å². The first kappa shape index (κ1) is 12.5. The molecule has 0 saturated heterocycles. The number of hydrogen-bond donors (Lipinski definition) is 1. The Morgan fingerprint density at radius 1 is 1.20 bits per heavy atom. The first-order valence-electron chi connectivity index (χ1n) is 8.17. The van der Waals surface area contributed by atoms with E-state index in [2.05, 4.69) is 16.8 Å². The second kappa shape index (κ2) is 4.37. The maximum absolute atomic E-state index is 6.23. The molecule has 0 radical (unpaired) electrons. The number of rotatable bonds is 3. The third-order valence-corrected chi connectivity index (χ3v) is 6.02. The Labute approximate surface area is 121 Å². The lowest BCUT2D eigenvalue weighted by atomic mass is 9.52. The SMILES string of the molecule is CCN(c1cnccc1N)C12CC3CC(CC(C3)C1)C2. The van der Waals surface area contributed by atoms with E-state index in [1.807, 2.05) is 12.3 Å². The molecule has 4 fully saturated rings. The standard InChI is InChI=1S/C17H25N3/c1-2-20(16-11-19-4-3-15(16)18)17-8-12-5-13(9-17)7-14(6-12)10-17/h3-4,11-14H,2,5-10H2,1H3,(H2,18,19). The van der Waals surface area contributed by atoms with Crippen LogP contribution < -0.4 is 10.6 Å². The van der Waals surface area contributed by atoms with E-state index in [0.717, 1.165) is 35.7 Å². The summed E-state index contributed by atoms with van der Waals surface area (Å²) >= 11 is 0. The van der Waals surface area contributed by atoms with Crippen LogP contribution in [0.4, 0.5) is 11.4 Å². The molecule has 4 saturated carbocycles. The summed E-state index contributed by atoms with van der Waals surface area (Å²) in [4.78, 5) is 6.92.